The van der Waals surface area contributed by atoms with Crippen molar-refractivity contribution in [2.75, 3.05) is 13.6 Å². The second-order valence-corrected chi connectivity index (χ2v) is 6.69. The maximum atomic E-state index is 13.8. The van der Waals surface area contributed by atoms with Crippen LogP contribution in [0.5, 0.6) is 0 Å². The predicted octanol–water partition coefficient (Wildman–Crippen LogP) is 4.64. The van der Waals surface area contributed by atoms with Crippen molar-refractivity contribution >= 4 is 35.7 Å². The first-order valence-electron chi connectivity index (χ1n) is 8.59. The van der Waals surface area contributed by atoms with Crippen LogP contribution in [-0.4, -0.2) is 28.0 Å². The lowest BCUT2D eigenvalue weighted by Crippen LogP contribution is -2.17. The number of rotatable bonds is 3. The summed E-state index contributed by atoms with van der Waals surface area (Å²) in [6, 6.07) is 9.35. The molecule has 0 fully saturated rings. The molecule has 140 valence electrons. The fraction of sp³-hybridized carbons (Fsp3) is 0.350. The second-order valence-electron chi connectivity index (χ2n) is 6.69. The minimum Gasteiger partial charge on any atom is -0.344 e. The molecule has 0 bridgehead atoms. The summed E-state index contributed by atoms with van der Waals surface area (Å²) < 4.78 is 16.2. The Kier molecular flexibility index (Phi) is 7.04. The average molecular weight is 396 g/mol. The Labute approximate surface area is 166 Å². The zero-order valence-corrected chi connectivity index (χ0v) is 16.5. The maximum absolute atomic E-state index is 13.8. The Balaban J connectivity index is 0.00000121. The van der Waals surface area contributed by atoms with Crippen LogP contribution >= 0.6 is 24.8 Å². The maximum Gasteiger partial charge on any atom is 0.123 e. The lowest BCUT2D eigenvalue weighted by molar-refractivity contribution is 0.333. The van der Waals surface area contributed by atoms with Crippen molar-refractivity contribution in [3.05, 3.63) is 65.4 Å². The summed E-state index contributed by atoms with van der Waals surface area (Å²) in [6.07, 6.45) is 6.86. The van der Waals surface area contributed by atoms with Crippen molar-refractivity contribution in [1.82, 2.24) is 14.5 Å². The smallest absolute Gasteiger partial charge is 0.123 e. The van der Waals surface area contributed by atoms with E-state index in [1.54, 1.807) is 12.1 Å². The number of aryl methyl sites for hydroxylation is 2. The number of hydrogen-bond donors (Lipinski definition) is 0. The first-order valence-corrected chi connectivity index (χ1v) is 8.59. The van der Waals surface area contributed by atoms with Crippen LogP contribution in [0, 0.1) is 5.82 Å². The Morgan fingerprint density at radius 1 is 1.12 bits per heavy atom. The first kappa shape index (κ1) is 20.7. The van der Waals surface area contributed by atoms with E-state index in [2.05, 4.69) is 33.6 Å². The van der Waals surface area contributed by atoms with Gasteiger partial charge < -0.3 is 9.47 Å². The van der Waals surface area contributed by atoms with Crippen LogP contribution in [-0.2, 0) is 25.9 Å². The van der Waals surface area contributed by atoms with Crippen molar-refractivity contribution < 1.29 is 4.39 Å². The third-order valence-electron chi connectivity index (χ3n) is 5.00. The summed E-state index contributed by atoms with van der Waals surface area (Å²) in [5.74, 6) is -0.150. The number of fused-ring (bicyclic) bond motifs is 3. The molecule has 0 amide bonds. The van der Waals surface area contributed by atoms with Gasteiger partial charge in [0.25, 0.3) is 0 Å². The molecule has 0 atom stereocenters. The Bertz CT molecular complexity index is 864. The standard InChI is InChI=1S/C20H22FN3.2ClH/c1-23-11-2-3-19-18(14-23)17-13-16(21)4-5-20(17)24(19)12-8-15-6-9-22-10-7-15;;/h4-7,9-10,13H,2-3,8,11-12,14H2,1H3;2*1H. The number of pyridine rings is 1. The zero-order chi connectivity index (χ0) is 16.5. The third-order valence-corrected chi connectivity index (χ3v) is 5.00. The van der Waals surface area contributed by atoms with Crippen LogP contribution in [0.4, 0.5) is 4.39 Å². The van der Waals surface area contributed by atoms with Gasteiger partial charge in [0.05, 0.1) is 0 Å². The number of nitrogens with zero attached hydrogens (tertiary/aromatic N) is 3. The molecule has 0 aliphatic carbocycles. The lowest BCUT2D eigenvalue weighted by Gasteiger charge is -2.12. The van der Waals surface area contributed by atoms with Crippen LogP contribution < -0.4 is 0 Å². The van der Waals surface area contributed by atoms with E-state index in [1.165, 1.54) is 16.8 Å². The fourth-order valence-electron chi connectivity index (χ4n) is 3.82. The molecule has 0 saturated heterocycles. The summed E-state index contributed by atoms with van der Waals surface area (Å²) in [4.78, 5) is 6.42. The molecular weight excluding hydrogens is 372 g/mol. The van der Waals surface area contributed by atoms with Crippen molar-refractivity contribution in [3.63, 3.8) is 0 Å². The Morgan fingerprint density at radius 3 is 2.65 bits per heavy atom. The topological polar surface area (TPSA) is 21.1 Å². The van der Waals surface area contributed by atoms with E-state index < -0.39 is 0 Å². The van der Waals surface area contributed by atoms with Gasteiger partial charge in [-0.05, 0) is 74.3 Å². The van der Waals surface area contributed by atoms with Crippen LogP contribution in [0.15, 0.2) is 42.7 Å². The van der Waals surface area contributed by atoms with Crippen LogP contribution in [0.25, 0.3) is 10.9 Å². The fourth-order valence-corrected chi connectivity index (χ4v) is 3.82. The zero-order valence-electron chi connectivity index (χ0n) is 14.8. The van der Waals surface area contributed by atoms with E-state index in [1.807, 2.05) is 18.5 Å². The van der Waals surface area contributed by atoms with Crippen molar-refractivity contribution in [2.45, 2.75) is 32.4 Å². The predicted molar refractivity (Wildman–Crippen MR) is 109 cm³/mol. The largest absolute Gasteiger partial charge is 0.344 e. The molecule has 4 rings (SSSR count). The molecule has 6 heteroatoms. The van der Waals surface area contributed by atoms with Crippen LogP contribution in [0.3, 0.4) is 0 Å². The molecular formula is C20H24Cl2FN3. The van der Waals surface area contributed by atoms with E-state index in [0.29, 0.717) is 0 Å². The van der Waals surface area contributed by atoms with Crippen molar-refractivity contribution in [3.8, 4) is 0 Å². The van der Waals surface area contributed by atoms with E-state index >= 15 is 0 Å². The van der Waals surface area contributed by atoms with Crippen molar-refractivity contribution in [1.29, 1.82) is 0 Å². The van der Waals surface area contributed by atoms with E-state index in [0.717, 1.165) is 49.8 Å². The van der Waals surface area contributed by atoms with Gasteiger partial charge in [-0.1, -0.05) is 0 Å². The summed E-state index contributed by atoms with van der Waals surface area (Å²) in [5, 5.41) is 1.08. The van der Waals surface area contributed by atoms with E-state index in [-0.39, 0.29) is 30.6 Å². The van der Waals surface area contributed by atoms with Gasteiger partial charge in [-0.3, -0.25) is 4.98 Å². The number of halogens is 3. The third kappa shape index (κ3) is 4.03. The number of aromatic nitrogens is 2. The Morgan fingerprint density at radius 2 is 1.88 bits per heavy atom. The summed E-state index contributed by atoms with van der Waals surface area (Å²) >= 11 is 0. The van der Waals surface area contributed by atoms with Gasteiger partial charge >= 0.3 is 0 Å². The lowest BCUT2D eigenvalue weighted by atomic mass is 10.1. The minimum atomic E-state index is -0.150. The number of hydrogen-bond acceptors (Lipinski definition) is 2. The normalized spacial score (nSPS) is 14.2. The monoisotopic (exact) mass is 395 g/mol. The molecule has 0 saturated carbocycles. The summed E-state index contributed by atoms with van der Waals surface area (Å²) in [5.41, 5.74) is 5.13. The van der Waals surface area contributed by atoms with Gasteiger partial charge in [-0.2, -0.15) is 0 Å². The SMILES string of the molecule is CN1CCCc2c(c3cc(F)ccc3n2CCc2ccncc2)C1.Cl.Cl. The summed E-state index contributed by atoms with van der Waals surface area (Å²) in [7, 11) is 2.15. The molecule has 3 aromatic rings. The van der Waals surface area contributed by atoms with E-state index in [9.17, 15) is 4.39 Å². The van der Waals surface area contributed by atoms with E-state index in [4.69, 9.17) is 0 Å². The highest BCUT2D eigenvalue weighted by molar-refractivity contribution is 5.86. The molecule has 1 aromatic carbocycles. The highest BCUT2D eigenvalue weighted by atomic mass is 35.5. The molecule has 0 radical (unpaired) electrons. The molecule has 0 N–H and O–H groups in total. The van der Waals surface area contributed by atoms with Gasteiger partial charge in [-0.15, -0.1) is 24.8 Å². The van der Waals surface area contributed by atoms with Crippen molar-refractivity contribution in [2.24, 2.45) is 0 Å². The molecule has 3 nitrogen and oxygen atoms in total. The molecule has 0 spiro atoms. The van der Waals surface area contributed by atoms with Gasteiger partial charge in [0.1, 0.15) is 5.82 Å². The molecule has 1 aliphatic rings. The molecule has 26 heavy (non-hydrogen) atoms. The minimum absolute atomic E-state index is 0. The highest BCUT2D eigenvalue weighted by Gasteiger charge is 2.21. The average Bonchev–Trinajstić information content (AvgIpc) is 2.73. The van der Waals surface area contributed by atoms with Crippen LogP contribution in [0.1, 0.15) is 23.2 Å². The highest BCUT2D eigenvalue weighted by Crippen LogP contribution is 2.31. The van der Waals surface area contributed by atoms with Gasteiger partial charge in [0.2, 0.25) is 0 Å². The first-order chi connectivity index (χ1) is 11.7. The van der Waals surface area contributed by atoms with Gasteiger partial charge in [0, 0.05) is 42.1 Å². The van der Waals surface area contributed by atoms with Gasteiger partial charge in [0.15, 0.2) is 0 Å². The number of benzene rings is 1. The Hall–Kier alpha value is -1.62. The van der Waals surface area contributed by atoms with Crippen LogP contribution in [0.2, 0.25) is 0 Å². The quantitative estimate of drug-likeness (QED) is 0.643. The molecule has 0 unspecified atom stereocenters. The van der Waals surface area contributed by atoms with Gasteiger partial charge in [-0.25, -0.2) is 4.39 Å². The molecule has 2 aromatic heterocycles. The molecule has 3 heterocycles. The summed E-state index contributed by atoms with van der Waals surface area (Å²) in [6.45, 7) is 2.92. The molecule has 1 aliphatic heterocycles. The second kappa shape index (κ2) is 8.85.